The Balaban J connectivity index is 1.74. The molecule has 0 atom stereocenters. The first-order chi connectivity index (χ1) is 14.9. The van der Waals surface area contributed by atoms with E-state index in [-0.39, 0.29) is 6.61 Å². The SMILES string of the molecule is COc1ccc(CON(CCCCCOCc2ccccc2)C(=O)OC(C)(C)C)cc1. The zero-order chi connectivity index (χ0) is 22.5. The second-order valence-electron chi connectivity index (χ2n) is 8.30. The van der Waals surface area contributed by atoms with E-state index in [0.717, 1.165) is 30.6 Å². The molecule has 0 radical (unpaired) electrons. The molecule has 0 unspecified atom stereocenters. The number of methoxy groups -OCH3 is 1. The molecule has 0 heterocycles. The van der Waals surface area contributed by atoms with Crippen LogP contribution in [0.2, 0.25) is 0 Å². The lowest BCUT2D eigenvalue weighted by molar-refractivity contribution is -0.156. The lowest BCUT2D eigenvalue weighted by atomic mass is 10.2. The van der Waals surface area contributed by atoms with Crippen molar-refractivity contribution in [3.8, 4) is 5.75 Å². The Morgan fingerprint density at radius 3 is 2.19 bits per heavy atom. The minimum atomic E-state index is -0.579. The van der Waals surface area contributed by atoms with E-state index >= 15 is 0 Å². The van der Waals surface area contributed by atoms with Gasteiger partial charge in [0.05, 0.1) is 20.3 Å². The molecule has 6 heteroatoms. The van der Waals surface area contributed by atoms with Crippen LogP contribution in [0.1, 0.15) is 51.2 Å². The lowest BCUT2D eigenvalue weighted by Crippen LogP contribution is -2.37. The molecule has 0 spiro atoms. The quantitative estimate of drug-likeness (QED) is 0.318. The van der Waals surface area contributed by atoms with Crippen LogP contribution < -0.4 is 4.74 Å². The number of hydrogen-bond donors (Lipinski definition) is 0. The summed E-state index contributed by atoms with van der Waals surface area (Å²) in [7, 11) is 1.63. The third kappa shape index (κ3) is 10.3. The maximum atomic E-state index is 12.5. The van der Waals surface area contributed by atoms with Crippen LogP contribution in [0.3, 0.4) is 0 Å². The molecule has 2 aromatic carbocycles. The molecule has 0 saturated heterocycles. The second kappa shape index (κ2) is 13.0. The molecule has 0 N–H and O–H groups in total. The number of unbranched alkanes of at least 4 members (excludes halogenated alkanes) is 2. The maximum Gasteiger partial charge on any atom is 0.434 e. The molecule has 2 aromatic rings. The molecular weight excluding hydrogens is 394 g/mol. The highest BCUT2D eigenvalue weighted by Crippen LogP contribution is 2.15. The monoisotopic (exact) mass is 429 g/mol. The molecule has 0 aliphatic carbocycles. The van der Waals surface area contributed by atoms with Gasteiger partial charge in [0.15, 0.2) is 0 Å². The van der Waals surface area contributed by atoms with Crippen molar-refractivity contribution in [1.82, 2.24) is 5.06 Å². The summed E-state index contributed by atoms with van der Waals surface area (Å²) in [6.45, 7) is 7.58. The Morgan fingerprint density at radius 1 is 0.871 bits per heavy atom. The van der Waals surface area contributed by atoms with Crippen molar-refractivity contribution in [2.45, 2.75) is 58.8 Å². The van der Waals surface area contributed by atoms with E-state index in [9.17, 15) is 4.79 Å². The standard InChI is InChI=1S/C25H35NO5/c1-25(2,3)31-24(27)26(30-20-22-13-15-23(28-4)16-14-22)17-9-6-10-18-29-19-21-11-7-5-8-12-21/h5,7-8,11-16H,6,9-10,17-20H2,1-4H3. The van der Waals surface area contributed by atoms with E-state index in [2.05, 4.69) is 12.1 Å². The number of amides is 1. The molecule has 2 rings (SSSR count). The number of hydrogen-bond acceptors (Lipinski definition) is 5. The van der Waals surface area contributed by atoms with Crippen LogP contribution in [0, 0.1) is 0 Å². The summed E-state index contributed by atoms with van der Waals surface area (Å²) in [4.78, 5) is 18.3. The fourth-order valence-electron chi connectivity index (χ4n) is 2.80. The smallest absolute Gasteiger partial charge is 0.434 e. The van der Waals surface area contributed by atoms with Gasteiger partial charge < -0.3 is 14.2 Å². The number of nitrogens with zero attached hydrogens (tertiary/aromatic N) is 1. The van der Waals surface area contributed by atoms with Crippen molar-refractivity contribution in [3.63, 3.8) is 0 Å². The van der Waals surface area contributed by atoms with Crippen LogP contribution in [0.5, 0.6) is 5.75 Å². The van der Waals surface area contributed by atoms with Gasteiger partial charge in [0.25, 0.3) is 0 Å². The number of carbonyl (C=O) groups excluding carboxylic acids is 1. The first-order valence-electron chi connectivity index (χ1n) is 10.8. The molecular formula is C25H35NO5. The first-order valence-corrected chi connectivity index (χ1v) is 10.8. The van der Waals surface area contributed by atoms with Crippen molar-refractivity contribution in [2.75, 3.05) is 20.3 Å². The second-order valence-corrected chi connectivity index (χ2v) is 8.30. The van der Waals surface area contributed by atoms with Crippen LogP contribution in [0.15, 0.2) is 54.6 Å². The summed E-state index contributed by atoms with van der Waals surface area (Å²) in [5.74, 6) is 0.780. The van der Waals surface area contributed by atoms with Crippen LogP contribution in [0.25, 0.3) is 0 Å². The summed E-state index contributed by atoms with van der Waals surface area (Å²) in [5, 5.41) is 1.32. The first kappa shape index (κ1) is 24.7. The molecule has 0 bridgehead atoms. The number of ether oxygens (including phenoxy) is 3. The fraction of sp³-hybridized carbons (Fsp3) is 0.480. The fourth-order valence-corrected chi connectivity index (χ4v) is 2.80. The van der Waals surface area contributed by atoms with Gasteiger partial charge in [0, 0.05) is 6.61 Å². The molecule has 0 fully saturated rings. The Hall–Kier alpha value is -2.57. The number of hydroxylamine groups is 2. The van der Waals surface area contributed by atoms with Gasteiger partial charge >= 0.3 is 6.09 Å². The third-order valence-corrected chi connectivity index (χ3v) is 4.40. The normalized spacial score (nSPS) is 11.2. The van der Waals surface area contributed by atoms with Crippen LogP contribution in [-0.4, -0.2) is 37.0 Å². The van der Waals surface area contributed by atoms with Crippen molar-refractivity contribution < 1.29 is 23.8 Å². The van der Waals surface area contributed by atoms with Gasteiger partial charge in [0.2, 0.25) is 0 Å². The van der Waals surface area contributed by atoms with Gasteiger partial charge in [0.1, 0.15) is 18.0 Å². The zero-order valence-electron chi connectivity index (χ0n) is 19.1. The van der Waals surface area contributed by atoms with Crippen LogP contribution >= 0.6 is 0 Å². The van der Waals surface area contributed by atoms with Gasteiger partial charge in [-0.3, -0.25) is 4.84 Å². The Labute approximate surface area is 186 Å². The Bertz CT molecular complexity index is 756. The van der Waals surface area contributed by atoms with Crippen molar-refractivity contribution in [2.24, 2.45) is 0 Å². The van der Waals surface area contributed by atoms with Gasteiger partial charge in [-0.25, -0.2) is 4.79 Å². The molecule has 0 aliphatic rings. The predicted octanol–water partition coefficient (Wildman–Crippen LogP) is 5.75. The number of benzene rings is 2. The lowest BCUT2D eigenvalue weighted by Gasteiger charge is -2.26. The van der Waals surface area contributed by atoms with E-state index in [0.29, 0.717) is 19.8 Å². The molecule has 1 amide bonds. The van der Waals surface area contributed by atoms with E-state index in [1.165, 1.54) is 10.6 Å². The zero-order valence-corrected chi connectivity index (χ0v) is 19.1. The number of carbonyl (C=O) groups is 1. The maximum absolute atomic E-state index is 12.5. The molecule has 31 heavy (non-hydrogen) atoms. The molecule has 170 valence electrons. The molecule has 0 aliphatic heterocycles. The average molecular weight is 430 g/mol. The van der Waals surface area contributed by atoms with E-state index in [1.807, 2.05) is 63.2 Å². The van der Waals surface area contributed by atoms with Gasteiger partial charge in [-0.05, 0) is 63.3 Å². The summed E-state index contributed by atoms with van der Waals surface area (Å²) < 4.78 is 16.4. The average Bonchev–Trinajstić information content (AvgIpc) is 2.75. The predicted molar refractivity (Wildman–Crippen MR) is 121 cm³/mol. The third-order valence-electron chi connectivity index (χ3n) is 4.40. The van der Waals surface area contributed by atoms with Gasteiger partial charge in [-0.1, -0.05) is 42.5 Å². The van der Waals surface area contributed by atoms with E-state index < -0.39 is 11.7 Å². The van der Waals surface area contributed by atoms with Gasteiger partial charge in [-0.15, -0.1) is 0 Å². The minimum absolute atomic E-state index is 0.281. The topological polar surface area (TPSA) is 57.2 Å². The van der Waals surface area contributed by atoms with Crippen LogP contribution in [0.4, 0.5) is 4.79 Å². The van der Waals surface area contributed by atoms with Crippen molar-refractivity contribution >= 4 is 6.09 Å². The Morgan fingerprint density at radius 2 is 1.55 bits per heavy atom. The van der Waals surface area contributed by atoms with Crippen molar-refractivity contribution in [3.05, 3.63) is 65.7 Å². The highest BCUT2D eigenvalue weighted by Gasteiger charge is 2.22. The van der Waals surface area contributed by atoms with Crippen LogP contribution in [-0.2, 0) is 27.5 Å². The number of rotatable bonds is 12. The summed E-state index contributed by atoms with van der Waals surface area (Å²) in [5.41, 5.74) is 1.54. The summed E-state index contributed by atoms with van der Waals surface area (Å²) >= 11 is 0. The van der Waals surface area contributed by atoms with E-state index in [4.69, 9.17) is 19.0 Å². The molecule has 6 nitrogen and oxygen atoms in total. The summed E-state index contributed by atoms with van der Waals surface area (Å²) in [6, 6.07) is 17.7. The molecule has 0 saturated carbocycles. The highest BCUT2D eigenvalue weighted by atomic mass is 16.7. The summed E-state index contributed by atoms with van der Waals surface area (Å²) in [6.07, 6.45) is 2.19. The van der Waals surface area contributed by atoms with E-state index in [1.54, 1.807) is 7.11 Å². The van der Waals surface area contributed by atoms with Crippen molar-refractivity contribution in [1.29, 1.82) is 0 Å². The van der Waals surface area contributed by atoms with Gasteiger partial charge in [-0.2, -0.15) is 5.06 Å². The minimum Gasteiger partial charge on any atom is -0.497 e. The largest absolute Gasteiger partial charge is 0.497 e. The Kier molecular flexibility index (Phi) is 10.3. The highest BCUT2D eigenvalue weighted by molar-refractivity contribution is 5.66. The molecule has 0 aromatic heterocycles.